The number of benzene rings is 5. The van der Waals surface area contributed by atoms with Crippen LogP contribution in [0.15, 0.2) is 103 Å². The molecule has 0 aromatic heterocycles. The molecule has 5 aromatic rings. The third kappa shape index (κ3) is 5.86. The molecule has 0 saturated heterocycles. The monoisotopic (exact) mass is 650 g/mol. The molecule has 0 spiro atoms. The van der Waals surface area contributed by atoms with Gasteiger partial charge in [-0.1, -0.05) is 50.6 Å². The lowest BCUT2D eigenvalue weighted by Crippen LogP contribution is -2.29. The largest absolute Gasteiger partial charge is 0.457 e. The maximum absolute atomic E-state index is 13.6. The topological polar surface area (TPSA) is 93.2 Å². The van der Waals surface area contributed by atoms with Crippen molar-refractivity contribution in [1.82, 2.24) is 4.90 Å². The molecule has 0 bridgehead atoms. The van der Waals surface area contributed by atoms with Gasteiger partial charge >= 0.3 is 0 Å². The van der Waals surface area contributed by atoms with Gasteiger partial charge in [0.15, 0.2) is 0 Å². The Hall–Kier alpha value is -6.02. The minimum Gasteiger partial charge on any atom is -0.457 e. The second-order valence-electron chi connectivity index (χ2n) is 13.5. The SMILES string of the molecule is Cc1ccc(Oc2ccc(Oc3ccc(N4C(=O)c5ccc(Cc6ccc7c(c6)C(=O)N(C)C7=O)cc5C4=O)cc3)c(C(C)(C)C)c2)cc1. The van der Waals surface area contributed by atoms with Gasteiger partial charge in [-0.25, -0.2) is 4.90 Å². The van der Waals surface area contributed by atoms with E-state index in [1.54, 1.807) is 60.7 Å². The van der Waals surface area contributed by atoms with Crippen LogP contribution in [0.2, 0.25) is 0 Å². The maximum Gasteiger partial charge on any atom is 0.266 e. The van der Waals surface area contributed by atoms with Crippen molar-refractivity contribution in [3.63, 3.8) is 0 Å². The predicted molar refractivity (Wildman–Crippen MR) is 186 cm³/mol. The van der Waals surface area contributed by atoms with Gasteiger partial charge in [0.1, 0.15) is 23.0 Å². The summed E-state index contributed by atoms with van der Waals surface area (Å²) < 4.78 is 12.4. The molecule has 0 atom stereocenters. The average molecular weight is 651 g/mol. The first-order valence-electron chi connectivity index (χ1n) is 16.0. The number of hydrogen-bond donors (Lipinski definition) is 0. The highest BCUT2D eigenvalue weighted by molar-refractivity contribution is 6.34. The van der Waals surface area contributed by atoms with Crippen molar-refractivity contribution in [3.05, 3.63) is 148 Å². The van der Waals surface area contributed by atoms with Gasteiger partial charge in [0.25, 0.3) is 23.6 Å². The molecule has 0 unspecified atom stereocenters. The fraction of sp³-hybridized carbons (Fsp3) is 0.171. The first-order chi connectivity index (χ1) is 23.4. The van der Waals surface area contributed by atoms with Crippen molar-refractivity contribution in [3.8, 4) is 23.0 Å². The molecule has 4 amide bonds. The van der Waals surface area contributed by atoms with Crippen LogP contribution >= 0.6 is 0 Å². The van der Waals surface area contributed by atoms with E-state index in [0.29, 0.717) is 51.6 Å². The van der Waals surface area contributed by atoms with Crippen LogP contribution in [-0.4, -0.2) is 35.6 Å². The maximum atomic E-state index is 13.6. The zero-order chi connectivity index (χ0) is 34.6. The number of ether oxygens (including phenoxy) is 2. The quantitative estimate of drug-likeness (QED) is 0.164. The van der Waals surface area contributed by atoms with Crippen molar-refractivity contribution in [2.45, 2.75) is 39.5 Å². The van der Waals surface area contributed by atoms with Crippen LogP contribution in [-0.2, 0) is 11.8 Å². The molecule has 0 fully saturated rings. The Morgan fingerprint density at radius 2 is 1.06 bits per heavy atom. The molecule has 2 heterocycles. The number of amides is 4. The first kappa shape index (κ1) is 31.6. The minimum absolute atomic E-state index is 0.241. The molecule has 0 radical (unpaired) electrons. The van der Waals surface area contributed by atoms with E-state index in [2.05, 4.69) is 20.8 Å². The van der Waals surface area contributed by atoms with Crippen LogP contribution in [0, 0.1) is 6.92 Å². The van der Waals surface area contributed by atoms with E-state index < -0.39 is 11.8 Å². The lowest BCUT2D eigenvalue weighted by atomic mass is 9.86. The highest BCUT2D eigenvalue weighted by atomic mass is 16.5. The Bertz CT molecular complexity index is 2180. The predicted octanol–water partition coefficient (Wildman–Crippen LogP) is 8.49. The molecule has 0 saturated carbocycles. The molecule has 2 aliphatic heterocycles. The minimum atomic E-state index is -0.411. The van der Waals surface area contributed by atoms with Gasteiger partial charge in [0.05, 0.1) is 27.9 Å². The Kier molecular flexibility index (Phi) is 7.67. The number of carbonyl (C=O) groups excluding carboxylic acids is 4. The van der Waals surface area contributed by atoms with Crippen LogP contribution in [0.5, 0.6) is 23.0 Å². The molecular formula is C41H34N2O6. The Balaban J connectivity index is 1.08. The van der Waals surface area contributed by atoms with E-state index >= 15 is 0 Å². The number of hydrogen-bond acceptors (Lipinski definition) is 6. The van der Waals surface area contributed by atoms with E-state index in [9.17, 15) is 19.2 Å². The zero-order valence-corrected chi connectivity index (χ0v) is 27.9. The molecule has 0 N–H and O–H groups in total. The third-order valence-electron chi connectivity index (χ3n) is 8.85. The van der Waals surface area contributed by atoms with Gasteiger partial charge in [-0.15, -0.1) is 0 Å². The fourth-order valence-corrected chi connectivity index (χ4v) is 6.17. The van der Waals surface area contributed by atoms with Gasteiger partial charge in [-0.3, -0.25) is 24.1 Å². The summed E-state index contributed by atoms with van der Waals surface area (Å²) in [7, 11) is 1.46. The second-order valence-corrected chi connectivity index (χ2v) is 13.5. The van der Waals surface area contributed by atoms with Gasteiger partial charge in [0, 0.05) is 12.6 Å². The summed E-state index contributed by atoms with van der Waals surface area (Å²) in [6.45, 7) is 8.35. The van der Waals surface area contributed by atoms with E-state index in [-0.39, 0.29) is 17.2 Å². The van der Waals surface area contributed by atoms with Crippen LogP contribution in [0.3, 0.4) is 0 Å². The van der Waals surface area contributed by atoms with Crippen molar-refractivity contribution >= 4 is 29.3 Å². The summed E-state index contributed by atoms with van der Waals surface area (Å²) in [5.41, 5.74) is 5.34. The third-order valence-corrected chi connectivity index (χ3v) is 8.85. The second kappa shape index (κ2) is 11.9. The summed E-state index contributed by atoms with van der Waals surface area (Å²) in [6.07, 6.45) is 0.425. The number of aryl methyl sites for hydroxylation is 1. The number of anilines is 1. The van der Waals surface area contributed by atoms with Crippen LogP contribution in [0.25, 0.3) is 0 Å². The molecule has 49 heavy (non-hydrogen) atoms. The Labute approximate surface area is 284 Å². The van der Waals surface area contributed by atoms with E-state index in [1.807, 2.05) is 49.4 Å². The first-order valence-corrected chi connectivity index (χ1v) is 16.0. The molecule has 8 nitrogen and oxygen atoms in total. The summed E-state index contributed by atoms with van der Waals surface area (Å²) in [5, 5.41) is 0. The molecule has 8 heteroatoms. The number of fused-ring (bicyclic) bond motifs is 2. The molecule has 2 aliphatic rings. The van der Waals surface area contributed by atoms with Crippen molar-refractivity contribution in [1.29, 1.82) is 0 Å². The highest BCUT2D eigenvalue weighted by Crippen LogP contribution is 2.39. The van der Waals surface area contributed by atoms with Crippen LogP contribution < -0.4 is 14.4 Å². The van der Waals surface area contributed by atoms with Crippen molar-refractivity contribution in [2.75, 3.05) is 11.9 Å². The molecule has 7 rings (SSSR count). The molecular weight excluding hydrogens is 616 g/mol. The van der Waals surface area contributed by atoms with Crippen LogP contribution in [0.1, 0.15) is 84.5 Å². The lowest BCUT2D eigenvalue weighted by molar-refractivity contribution is 0.0692. The zero-order valence-electron chi connectivity index (χ0n) is 27.9. The normalized spacial score (nSPS) is 14.0. The molecule has 244 valence electrons. The Morgan fingerprint density at radius 1 is 0.551 bits per heavy atom. The lowest BCUT2D eigenvalue weighted by Gasteiger charge is -2.24. The van der Waals surface area contributed by atoms with Gasteiger partial charge in [-0.2, -0.15) is 0 Å². The van der Waals surface area contributed by atoms with Crippen molar-refractivity contribution in [2.24, 2.45) is 0 Å². The number of carbonyl (C=O) groups is 4. The van der Waals surface area contributed by atoms with Crippen molar-refractivity contribution < 1.29 is 28.7 Å². The number of nitrogens with zero attached hydrogens (tertiary/aromatic N) is 2. The van der Waals surface area contributed by atoms with Gasteiger partial charge < -0.3 is 9.47 Å². The van der Waals surface area contributed by atoms with E-state index in [1.165, 1.54) is 11.9 Å². The summed E-state index contributed by atoms with van der Waals surface area (Å²) >= 11 is 0. The number of imide groups is 2. The van der Waals surface area contributed by atoms with E-state index in [4.69, 9.17) is 9.47 Å². The van der Waals surface area contributed by atoms with Gasteiger partial charge in [-0.05, 0) is 109 Å². The highest BCUT2D eigenvalue weighted by Gasteiger charge is 2.37. The summed E-state index contributed by atoms with van der Waals surface area (Å²) in [6, 6.07) is 30.9. The Morgan fingerprint density at radius 3 is 1.69 bits per heavy atom. The average Bonchev–Trinajstić information content (AvgIpc) is 3.45. The smallest absolute Gasteiger partial charge is 0.266 e. The van der Waals surface area contributed by atoms with E-state index in [0.717, 1.165) is 32.9 Å². The number of rotatable bonds is 7. The van der Waals surface area contributed by atoms with Crippen LogP contribution in [0.4, 0.5) is 5.69 Å². The van der Waals surface area contributed by atoms with Gasteiger partial charge in [0.2, 0.25) is 0 Å². The fourth-order valence-electron chi connectivity index (χ4n) is 6.17. The summed E-state index contributed by atoms with van der Waals surface area (Å²) in [5.74, 6) is 1.23. The standard InChI is InChI=1S/C41H34N2O6/c1-24-6-12-28(13-7-24)48-30-16-19-36(35(23-30)41(2,3)4)49-29-14-10-27(11-15-29)43-39(46)32-18-9-26(22-34(32)40(43)47)20-25-8-17-31-33(21-25)38(45)42(5)37(31)44/h6-19,21-23H,20H2,1-5H3. The molecule has 0 aliphatic carbocycles. The molecule has 5 aromatic carbocycles. The summed E-state index contributed by atoms with van der Waals surface area (Å²) in [4.78, 5) is 54.0.